The molecule has 2 rings (SSSR count). The lowest BCUT2D eigenvalue weighted by atomic mass is 9.99. The largest absolute Gasteiger partial charge is 0.417 e. The normalized spacial score (nSPS) is 15.9. The Morgan fingerprint density at radius 2 is 1.89 bits per heavy atom. The number of hydrogen-bond acceptors (Lipinski definition) is 3. The Morgan fingerprint density at radius 1 is 1.26 bits per heavy atom. The van der Waals surface area contributed by atoms with E-state index in [4.69, 9.17) is 11.6 Å². The molecule has 0 unspecified atom stereocenters. The average molecular weight is 406 g/mol. The number of carbonyl (C=O) groups excluding carboxylic acids is 2. The number of piperidine rings is 1. The Morgan fingerprint density at radius 3 is 2.48 bits per heavy atom. The summed E-state index contributed by atoms with van der Waals surface area (Å²) in [6.07, 6.45) is -2.67. The highest BCUT2D eigenvalue weighted by molar-refractivity contribution is 6.31. The fourth-order valence-electron chi connectivity index (χ4n) is 2.91. The summed E-state index contributed by atoms with van der Waals surface area (Å²) in [6, 6.07) is 3.18. The van der Waals surface area contributed by atoms with Gasteiger partial charge in [0.2, 0.25) is 11.8 Å². The first-order valence-electron chi connectivity index (χ1n) is 8.69. The van der Waals surface area contributed by atoms with Gasteiger partial charge < -0.3 is 10.2 Å². The van der Waals surface area contributed by atoms with E-state index in [2.05, 4.69) is 12.2 Å². The molecule has 2 amide bonds. The van der Waals surface area contributed by atoms with Gasteiger partial charge in [0.15, 0.2) is 0 Å². The minimum absolute atomic E-state index is 0.00136. The second-order valence-electron chi connectivity index (χ2n) is 6.98. The Labute approximate surface area is 161 Å². The van der Waals surface area contributed by atoms with Gasteiger partial charge in [-0.05, 0) is 44.0 Å². The lowest BCUT2D eigenvalue weighted by Crippen LogP contribution is -2.44. The van der Waals surface area contributed by atoms with Crippen molar-refractivity contribution >= 4 is 29.1 Å². The third kappa shape index (κ3) is 6.39. The zero-order valence-corrected chi connectivity index (χ0v) is 16.0. The van der Waals surface area contributed by atoms with Crippen molar-refractivity contribution in [2.75, 3.05) is 38.5 Å². The fourth-order valence-corrected chi connectivity index (χ4v) is 3.14. The Bertz CT molecular complexity index is 689. The van der Waals surface area contributed by atoms with Crippen LogP contribution < -0.4 is 5.32 Å². The summed E-state index contributed by atoms with van der Waals surface area (Å²) < 4.78 is 38.6. The van der Waals surface area contributed by atoms with Crippen LogP contribution in [0.1, 0.15) is 25.3 Å². The zero-order chi connectivity index (χ0) is 20.2. The van der Waals surface area contributed by atoms with E-state index in [1.165, 1.54) is 11.0 Å². The lowest BCUT2D eigenvalue weighted by molar-refractivity contribution is -0.137. The molecule has 0 radical (unpaired) electrons. The van der Waals surface area contributed by atoms with Gasteiger partial charge in [0, 0.05) is 18.8 Å². The predicted octanol–water partition coefficient (Wildman–Crippen LogP) is 3.49. The van der Waals surface area contributed by atoms with Gasteiger partial charge >= 0.3 is 6.18 Å². The number of alkyl halides is 3. The van der Waals surface area contributed by atoms with Gasteiger partial charge in [-0.2, -0.15) is 13.2 Å². The first-order chi connectivity index (χ1) is 12.6. The number of anilines is 1. The van der Waals surface area contributed by atoms with Crippen LogP contribution in [0.3, 0.4) is 0 Å². The molecule has 0 aromatic heterocycles. The van der Waals surface area contributed by atoms with Crippen molar-refractivity contribution in [2.45, 2.75) is 25.9 Å². The predicted molar refractivity (Wildman–Crippen MR) is 97.6 cm³/mol. The molecule has 1 aromatic rings. The van der Waals surface area contributed by atoms with E-state index in [0.29, 0.717) is 19.0 Å². The summed E-state index contributed by atoms with van der Waals surface area (Å²) >= 11 is 5.56. The number of hydrogen-bond donors (Lipinski definition) is 1. The van der Waals surface area contributed by atoms with E-state index < -0.39 is 22.7 Å². The average Bonchev–Trinajstić information content (AvgIpc) is 2.55. The number of rotatable bonds is 5. The van der Waals surface area contributed by atoms with Crippen molar-refractivity contribution in [2.24, 2.45) is 5.92 Å². The lowest BCUT2D eigenvalue weighted by Gasteiger charge is -2.31. The standard InChI is InChI=1S/C18H23ClF3N3O2/c1-12-5-7-25(8-6-12)17(27)11-24(2)10-16(26)23-13-3-4-15(19)14(9-13)18(20,21)22/h3-4,9,12H,5-8,10-11H2,1-2H3,(H,23,26). The molecule has 1 heterocycles. The molecule has 1 aliphatic heterocycles. The minimum Gasteiger partial charge on any atom is -0.342 e. The molecule has 9 heteroatoms. The number of nitrogens with one attached hydrogen (secondary N) is 1. The van der Waals surface area contributed by atoms with Crippen LogP contribution >= 0.6 is 11.6 Å². The molecule has 0 spiro atoms. The van der Waals surface area contributed by atoms with E-state index >= 15 is 0 Å². The molecule has 1 fully saturated rings. The van der Waals surface area contributed by atoms with E-state index in [9.17, 15) is 22.8 Å². The molecule has 0 aliphatic carbocycles. The molecular formula is C18H23ClF3N3O2. The summed E-state index contributed by atoms with van der Waals surface area (Å²) in [5.74, 6) is 0.0505. The highest BCUT2D eigenvalue weighted by Gasteiger charge is 2.33. The van der Waals surface area contributed by atoms with Crippen LogP contribution in [0.4, 0.5) is 18.9 Å². The smallest absolute Gasteiger partial charge is 0.342 e. The maximum absolute atomic E-state index is 12.9. The van der Waals surface area contributed by atoms with Crippen molar-refractivity contribution in [1.29, 1.82) is 0 Å². The molecule has 0 saturated carbocycles. The van der Waals surface area contributed by atoms with Gasteiger partial charge in [0.1, 0.15) is 0 Å². The van der Waals surface area contributed by atoms with Crippen molar-refractivity contribution in [1.82, 2.24) is 9.80 Å². The van der Waals surface area contributed by atoms with Crippen molar-refractivity contribution in [3.8, 4) is 0 Å². The van der Waals surface area contributed by atoms with Gasteiger partial charge in [-0.25, -0.2) is 0 Å². The third-order valence-corrected chi connectivity index (χ3v) is 4.84. The number of benzene rings is 1. The topological polar surface area (TPSA) is 52.7 Å². The molecule has 150 valence electrons. The second kappa shape index (κ2) is 8.93. The van der Waals surface area contributed by atoms with Crippen LogP contribution in [0, 0.1) is 5.92 Å². The van der Waals surface area contributed by atoms with E-state index in [1.54, 1.807) is 11.9 Å². The van der Waals surface area contributed by atoms with E-state index in [0.717, 1.165) is 25.0 Å². The minimum atomic E-state index is -4.60. The molecule has 1 saturated heterocycles. The van der Waals surface area contributed by atoms with Gasteiger partial charge in [-0.1, -0.05) is 18.5 Å². The molecule has 1 aliphatic rings. The van der Waals surface area contributed by atoms with Gasteiger partial charge in [0.05, 0.1) is 23.7 Å². The number of likely N-dealkylation sites (tertiary alicyclic amines) is 1. The van der Waals surface area contributed by atoms with Crippen LogP contribution in [0.5, 0.6) is 0 Å². The van der Waals surface area contributed by atoms with Crippen LogP contribution in [0.25, 0.3) is 0 Å². The summed E-state index contributed by atoms with van der Waals surface area (Å²) in [5.41, 5.74) is -1.01. The maximum atomic E-state index is 12.9. The summed E-state index contributed by atoms with van der Waals surface area (Å²) in [4.78, 5) is 27.7. The second-order valence-corrected chi connectivity index (χ2v) is 7.38. The fraction of sp³-hybridized carbons (Fsp3) is 0.556. The quantitative estimate of drug-likeness (QED) is 0.816. The molecule has 1 aromatic carbocycles. The molecule has 0 atom stereocenters. The van der Waals surface area contributed by atoms with E-state index in [1.807, 2.05) is 0 Å². The van der Waals surface area contributed by atoms with Crippen LogP contribution in [-0.4, -0.2) is 54.8 Å². The van der Waals surface area contributed by atoms with Crippen molar-refractivity contribution in [3.63, 3.8) is 0 Å². The zero-order valence-electron chi connectivity index (χ0n) is 15.3. The molecular weight excluding hydrogens is 383 g/mol. The van der Waals surface area contributed by atoms with E-state index in [-0.39, 0.29) is 24.7 Å². The number of amides is 2. The number of halogens is 4. The van der Waals surface area contributed by atoms with Crippen LogP contribution in [0.2, 0.25) is 5.02 Å². The summed E-state index contributed by atoms with van der Waals surface area (Å²) in [6.45, 7) is 3.55. The molecule has 0 bridgehead atoms. The van der Waals surface area contributed by atoms with Crippen LogP contribution in [0.15, 0.2) is 18.2 Å². The highest BCUT2D eigenvalue weighted by Crippen LogP contribution is 2.36. The van der Waals surface area contributed by atoms with Crippen LogP contribution in [-0.2, 0) is 15.8 Å². The monoisotopic (exact) mass is 405 g/mol. The highest BCUT2D eigenvalue weighted by atomic mass is 35.5. The molecule has 5 nitrogen and oxygen atoms in total. The Hall–Kier alpha value is -1.80. The SMILES string of the molecule is CC1CCN(C(=O)CN(C)CC(=O)Nc2ccc(Cl)c(C(F)(F)F)c2)CC1. The van der Waals surface area contributed by atoms with Crippen molar-refractivity contribution in [3.05, 3.63) is 28.8 Å². The number of nitrogens with zero attached hydrogens (tertiary/aromatic N) is 2. The molecule has 1 N–H and O–H groups in total. The first-order valence-corrected chi connectivity index (χ1v) is 9.07. The summed E-state index contributed by atoms with van der Waals surface area (Å²) in [7, 11) is 1.62. The number of carbonyl (C=O) groups is 2. The van der Waals surface area contributed by atoms with Crippen molar-refractivity contribution < 1.29 is 22.8 Å². The Balaban J connectivity index is 1.87. The third-order valence-electron chi connectivity index (χ3n) is 4.51. The van der Waals surface area contributed by atoms with Gasteiger partial charge in [0.25, 0.3) is 0 Å². The Kier molecular flexibility index (Phi) is 7.11. The number of likely N-dealkylation sites (N-methyl/N-ethyl adjacent to an activating group) is 1. The first kappa shape index (κ1) is 21.5. The summed E-state index contributed by atoms with van der Waals surface area (Å²) in [5, 5.41) is 1.98. The molecule has 27 heavy (non-hydrogen) atoms. The maximum Gasteiger partial charge on any atom is 0.417 e. The van der Waals surface area contributed by atoms with Gasteiger partial charge in [-0.15, -0.1) is 0 Å². The van der Waals surface area contributed by atoms with Gasteiger partial charge in [-0.3, -0.25) is 14.5 Å².